The Kier molecular flexibility index (Phi) is 4.19. The number of halogens is 1. The van der Waals surface area contributed by atoms with Crippen LogP contribution in [0.25, 0.3) is 0 Å². The molecule has 0 aromatic carbocycles. The second kappa shape index (κ2) is 5.44. The molecule has 0 unspecified atom stereocenters. The third-order valence-electron chi connectivity index (χ3n) is 1.49. The van der Waals surface area contributed by atoms with Gasteiger partial charge in [0.05, 0.1) is 6.61 Å². The van der Waals surface area contributed by atoms with Crippen molar-refractivity contribution in [3.05, 3.63) is 23.9 Å². The van der Waals surface area contributed by atoms with E-state index in [-0.39, 0.29) is 11.1 Å². The molecule has 5 heteroatoms. The van der Waals surface area contributed by atoms with Crippen molar-refractivity contribution in [1.82, 2.24) is 9.97 Å². The SMILES string of the molecule is C=CCCCOc1cc(Cl)nc(N)n1. The first-order valence-electron chi connectivity index (χ1n) is 4.26. The second-order valence-corrected chi connectivity index (χ2v) is 3.05. The van der Waals surface area contributed by atoms with Crippen molar-refractivity contribution < 1.29 is 4.74 Å². The lowest BCUT2D eigenvalue weighted by Crippen LogP contribution is -2.02. The van der Waals surface area contributed by atoms with E-state index in [1.54, 1.807) is 0 Å². The van der Waals surface area contributed by atoms with Crippen LogP contribution in [0.2, 0.25) is 5.15 Å². The van der Waals surface area contributed by atoms with E-state index in [1.165, 1.54) is 6.07 Å². The Balaban J connectivity index is 2.46. The van der Waals surface area contributed by atoms with Crippen LogP contribution in [0.1, 0.15) is 12.8 Å². The maximum Gasteiger partial charge on any atom is 0.224 e. The lowest BCUT2D eigenvalue weighted by atomic mass is 10.3. The summed E-state index contributed by atoms with van der Waals surface area (Å²) in [4.78, 5) is 7.58. The number of rotatable bonds is 5. The summed E-state index contributed by atoms with van der Waals surface area (Å²) < 4.78 is 5.31. The predicted molar refractivity (Wildman–Crippen MR) is 56.4 cm³/mol. The van der Waals surface area contributed by atoms with Crippen molar-refractivity contribution in [2.45, 2.75) is 12.8 Å². The zero-order chi connectivity index (χ0) is 10.4. The lowest BCUT2D eigenvalue weighted by Gasteiger charge is -2.04. The van der Waals surface area contributed by atoms with Crippen LogP contribution in [0.5, 0.6) is 5.88 Å². The van der Waals surface area contributed by atoms with Gasteiger partial charge in [-0.3, -0.25) is 0 Å². The fourth-order valence-corrected chi connectivity index (χ4v) is 1.07. The Morgan fingerprint density at radius 1 is 1.57 bits per heavy atom. The van der Waals surface area contributed by atoms with Gasteiger partial charge in [-0.05, 0) is 12.8 Å². The number of unbranched alkanes of at least 4 members (excludes halogenated alkanes) is 1. The molecular formula is C9H12ClN3O. The summed E-state index contributed by atoms with van der Waals surface area (Å²) in [6.45, 7) is 4.18. The van der Waals surface area contributed by atoms with Gasteiger partial charge in [-0.25, -0.2) is 4.98 Å². The smallest absolute Gasteiger partial charge is 0.224 e. The molecular weight excluding hydrogens is 202 g/mol. The van der Waals surface area contributed by atoms with Gasteiger partial charge in [0.15, 0.2) is 0 Å². The van der Waals surface area contributed by atoms with Crippen molar-refractivity contribution in [1.29, 1.82) is 0 Å². The Bertz CT molecular complexity index is 297. The number of nitrogen functional groups attached to an aromatic ring is 1. The Morgan fingerprint density at radius 3 is 3.00 bits per heavy atom. The largest absolute Gasteiger partial charge is 0.477 e. The van der Waals surface area contributed by atoms with E-state index < -0.39 is 0 Å². The van der Waals surface area contributed by atoms with E-state index in [2.05, 4.69) is 16.5 Å². The molecule has 2 N–H and O–H groups in total. The van der Waals surface area contributed by atoms with Gasteiger partial charge in [0.25, 0.3) is 0 Å². The van der Waals surface area contributed by atoms with E-state index in [9.17, 15) is 0 Å². The number of hydrogen-bond donors (Lipinski definition) is 1. The number of nitrogens with two attached hydrogens (primary N) is 1. The fourth-order valence-electron chi connectivity index (χ4n) is 0.892. The number of nitrogens with zero attached hydrogens (tertiary/aromatic N) is 2. The van der Waals surface area contributed by atoms with E-state index in [1.807, 2.05) is 6.08 Å². The first-order chi connectivity index (χ1) is 6.72. The van der Waals surface area contributed by atoms with Crippen LogP contribution in [0.4, 0.5) is 5.95 Å². The highest BCUT2D eigenvalue weighted by molar-refractivity contribution is 6.29. The van der Waals surface area contributed by atoms with Gasteiger partial charge in [-0.15, -0.1) is 6.58 Å². The van der Waals surface area contributed by atoms with Gasteiger partial charge in [-0.2, -0.15) is 4.98 Å². The molecule has 0 saturated heterocycles. The Morgan fingerprint density at radius 2 is 2.36 bits per heavy atom. The molecule has 0 saturated carbocycles. The molecule has 0 aliphatic rings. The topological polar surface area (TPSA) is 61.0 Å². The number of hydrogen-bond acceptors (Lipinski definition) is 4. The maximum atomic E-state index is 5.66. The van der Waals surface area contributed by atoms with E-state index in [0.29, 0.717) is 12.5 Å². The molecule has 1 aromatic heterocycles. The minimum absolute atomic E-state index is 0.122. The molecule has 0 spiro atoms. The van der Waals surface area contributed by atoms with Gasteiger partial charge < -0.3 is 10.5 Å². The Labute approximate surface area is 87.8 Å². The monoisotopic (exact) mass is 213 g/mol. The van der Waals surface area contributed by atoms with Gasteiger partial charge in [0.2, 0.25) is 11.8 Å². The molecule has 0 aliphatic heterocycles. The first-order valence-corrected chi connectivity index (χ1v) is 4.64. The van der Waals surface area contributed by atoms with Crippen molar-refractivity contribution in [2.75, 3.05) is 12.3 Å². The van der Waals surface area contributed by atoms with Gasteiger partial charge >= 0.3 is 0 Å². The van der Waals surface area contributed by atoms with Crippen LogP contribution < -0.4 is 10.5 Å². The molecule has 0 bridgehead atoms. The van der Waals surface area contributed by atoms with E-state index >= 15 is 0 Å². The summed E-state index contributed by atoms with van der Waals surface area (Å²) in [5, 5.41) is 0.288. The van der Waals surface area contributed by atoms with E-state index in [4.69, 9.17) is 22.1 Å². The van der Waals surface area contributed by atoms with Crippen LogP contribution in [-0.4, -0.2) is 16.6 Å². The van der Waals surface area contributed by atoms with Crippen LogP contribution in [0.15, 0.2) is 18.7 Å². The molecule has 76 valence electrons. The number of anilines is 1. The van der Waals surface area contributed by atoms with Gasteiger partial charge in [0, 0.05) is 6.07 Å². The van der Waals surface area contributed by atoms with Crippen molar-refractivity contribution in [3.63, 3.8) is 0 Å². The molecule has 0 atom stereocenters. The summed E-state index contributed by atoms with van der Waals surface area (Å²) in [6.07, 6.45) is 3.64. The summed E-state index contributed by atoms with van der Waals surface area (Å²) >= 11 is 5.66. The van der Waals surface area contributed by atoms with Crippen LogP contribution in [0.3, 0.4) is 0 Å². The first kappa shape index (κ1) is 10.8. The highest BCUT2D eigenvalue weighted by Gasteiger charge is 2.00. The summed E-state index contributed by atoms with van der Waals surface area (Å²) in [5.41, 5.74) is 5.39. The highest BCUT2D eigenvalue weighted by atomic mass is 35.5. The Hall–Kier alpha value is -1.29. The third-order valence-corrected chi connectivity index (χ3v) is 1.68. The highest BCUT2D eigenvalue weighted by Crippen LogP contribution is 2.14. The van der Waals surface area contributed by atoms with Crippen LogP contribution in [0, 0.1) is 0 Å². The van der Waals surface area contributed by atoms with Crippen molar-refractivity contribution in [3.8, 4) is 5.88 Å². The summed E-state index contributed by atoms with van der Waals surface area (Å²) in [6, 6.07) is 1.53. The third kappa shape index (κ3) is 3.62. The number of aromatic nitrogens is 2. The zero-order valence-corrected chi connectivity index (χ0v) is 8.50. The molecule has 1 heterocycles. The van der Waals surface area contributed by atoms with Crippen LogP contribution >= 0.6 is 11.6 Å². The van der Waals surface area contributed by atoms with Crippen molar-refractivity contribution >= 4 is 17.5 Å². The number of ether oxygens (including phenoxy) is 1. The van der Waals surface area contributed by atoms with Gasteiger partial charge in [0.1, 0.15) is 5.15 Å². The maximum absolute atomic E-state index is 5.66. The summed E-state index contributed by atoms with van der Waals surface area (Å²) in [5.74, 6) is 0.530. The average Bonchev–Trinajstić information content (AvgIpc) is 2.11. The summed E-state index contributed by atoms with van der Waals surface area (Å²) in [7, 11) is 0. The van der Waals surface area contributed by atoms with Crippen molar-refractivity contribution in [2.24, 2.45) is 0 Å². The van der Waals surface area contributed by atoms with Gasteiger partial charge in [-0.1, -0.05) is 17.7 Å². The molecule has 0 radical (unpaired) electrons. The lowest BCUT2D eigenvalue weighted by molar-refractivity contribution is 0.300. The molecule has 1 rings (SSSR count). The minimum Gasteiger partial charge on any atom is -0.477 e. The molecule has 0 amide bonds. The second-order valence-electron chi connectivity index (χ2n) is 2.67. The van der Waals surface area contributed by atoms with Crippen LogP contribution in [-0.2, 0) is 0 Å². The average molecular weight is 214 g/mol. The molecule has 14 heavy (non-hydrogen) atoms. The molecule has 1 aromatic rings. The minimum atomic E-state index is 0.122. The molecule has 4 nitrogen and oxygen atoms in total. The zero-order valence-electron chi connectivity index (χ0n) is 7.74. The standard InChI is InChI=1S/C9H12ClN3O/c1-2-3-4-5-14-8-6-7(10)12-9(11)13-8/h2,6H,1,3-5H2,(H2,11,12,13). The predicted octanol–water partition coefficient (Wildman–Crippen LogP) is 2.06. The van der Waals surface area contributed by atoms with E-state index in [0.717, 1.165) is 12.8 Å². The molecule has 0 fully saturated rings. The number of allylic oxidation sites excluding steroid dienone is 1. The fraction of sp³-hybridized carbons (Fsp3) is 0.333. The molecule has 0 aliphatic carbocycles. The quantitative estimate of drug-likeness (QED) is 0.462. The normalized spacial score (nSPS) is 9.79.